The molecule has 0 aromatic carbocycles. The molecule has 1 unspecified atom stereocenters. The first-order valence-corrected chi connectivity index (χ1v) is 6.03. The van der Waals surface area contributed by atoms with E-state index < -0.39 is 9.84 Å². The number of allylic oxidation sites excluding steroid dienone is 1. The third kappa shape index (κ3) is 2.95. The Balaban J connectivity index is 2.38. The van der Waals surface area contributed by atoms with Gasteiger partial charge >= 0.3 is 0 Å². The average Bonchev–Trinajstić information content (AvgIpc) is 2.31. The van der Waals surface area contributed by atoms with Crippen molar-refractivity contribution in [2.24, 2.45) is 11.7 Å². The summed E-state index contributed by atoms with van der Waals surface area (Å²) in [6.45, 7) is 0.635. The average molecular weight is 189 g/mol. The first kappa shape index (κ1) is 9.74. The molecule has 12 heavy (non-hydrogen) atoms. The maximum Gasteiger partial charge on any atom is 0.150 e. The Labute approximate surface area is 73.6 Å². The largest absolute Gasteiger partial charge is 0.330 e. The maximum atomic E-state index is 11.0. The monoisotopic (exact) mass is 189 g/mol. The summed E-state index contributed by atoms with van der Waals surface area (Å²) in [7, 11) is -2.72. The molecule has 2 N–H and O–H groups in total. The standard InChI is InChI=1S/C8H15NO2S/c9-5-2-1-3-8-4-6-12(10,11)7-8/h1,3,8H,2,4-7,9H2/b3-1-. The predicted molar refractivity (Wildman–Crippen MR) is 49.6 cm³/mol. The van der Waals surface area contributed by atoms with Crippen LogP contribution >= 0.6 is 0 Å². The molecule has 0 amide bonds. The van der Waals surface area contributed by atoms with Crippen LogP contribution in [-0.2, 0) is 9.84 Å². The lowest BCUT2D eigenvalue weighted by atomic mass is 10.1. The van der Waals surface area contributed by atoms with Crippen LogP contribution in [0.2, 0.25) is 0 Å². The third-order valence-corrected chi connectivity index (χ3v) is 3.80. The lowest BCUT2D eigenvalue weighted by Gasteiger charge is -1.97. The first-order chi connectivity index (χ1) is 5.64. The lowest BCUT2D eigenvalue weighted by Crippen LogP contribution is -2.03. The molecule has 0 aromatic heterocycles. The number of rotatable bonds is 3. The van der Waals surface area contributed by atoms with E-state index in [2.05, 4.69) is 0 Å². The molecular weight excluding hydrogens is 174 g/mol. The van der Waals surface area contributed by atoms with E-state index in [0.717, 1.165) is 12.8 Å². The van der Waals surface area contributed by atoms with Gasteiger partial charge in [0.1, 0.15) is 0 Å². The van der Waals surface area contributed by atoms with Crippen molar-refractivity contribution in [3.8, 4) is 0 Å². The van der Waals surface area contributed by atoms with Crippen molar-refractivity contribution in [2.45, 2.75) is 12.8 Å². The van der Waals surface area contributed by atoms with Crippen molar-refractivity contribution in [3.63, 3.8) is 0 Å². The molecular formula is C8H15NO2S. The number of sulfone groups is 1. The molecule has 0 aromatic rings. The minimum atomic E-state index is -2.72. The van der Waals surface area contributed by atoms with Crippen molar-refractivity contribution in [1.82, 2.24) is 0 Å². The molecule has 0 bridgehead atoms. The van der Waals surface area contributed by atoms with E-state index >= 15 is 0 Å². The third-order valence-electron chi connectivity index (χ3n) is 2.01. The molecule has 1 aliphatic rings. The van der Waals surface area contributed by atoms with Crippen molar-refractivity contribution >= 4 is 9.84 Å². The first-order valence-electron chi connectivity index (χ1n) is 4.21. The zero-order valence-corrected chi connectivity index (χ0v) is 7.89. The normalized spacial score (nSPS) is 28.2. The molecule has 4 heteroatoms. The molecule has 0 radical (unpaired) electrons. The minimum absolute atomic E-state index is 0.238. The van der Waals surface area contributed by atoms with E-state index in [1.54, 1.807) is 0 Å². The highest BCUT2D eigenvalue weighted by atomic mass is 32.2. The van der Waals surface area contributed by atoms with Gasteiger partial charge in [0.15, 0.2) is 9.84 Å². The minimum Gasteiger partial charge on any atom is -0.330 e. The molecule has 1 atom stereocenters. The van der Waals surface area contributed by atoms with Gasteiger partial charge in [-0.15, -0.1) is 0 Å². The second-order valence-corrected chi connectivity index (χ2v) is 5.40. The number of nitrogens with two attached hydrogens (primary N) is 1. The van der Waals surface area contributed by atoms with Gasteiger partial charge in [-0.1, -0.05) is 12.2 Å². The topological polar surface area (TPSA) is 60.2 Å². The smallest absolute Gasteiger partial charge is 0.150 e. The van der Waals surface area contributed by atoms with E-state index in [-0.39, 0.29) is 5.92 Å². The molecule has 0 spiro atoms. The van der Waals surface area contributed by atoms with Crippen LogP contribution in [0.3, 0.4) is 0 Å². The molecule has 1 saturated heterocycles. The van der Waals surface area contributed by atoms with Crippen LogP contribution in [0.4, 0.5) is 0 Å². The Bertz CT molecular complexity index is 256. The Morgan fingerprint density at radius 2 is 2.25 bits per heavy atom. The van der Waals surface area contributed by atoms with Crippen molar-refractivity contribution < 1.29 is 8.42 Å². The van der Waals surface area contributed by atoms with E-state index in [4.69, 9.17) is 5.73 Å². The molecule has 1 fully saturated rings. The van der Waals surface area contributed by atoms with E-state index in [1.165, 1.54) is 0 Å². The van der Waals surface area contributed by atoms with Gasteiger partial charge in [-0.2, -0.15) is 0 Å². The predicted octanol–water partition coefficient (Wildman–Crippen LogP) is 0.326. The molecule has 0 saturated carbocycles. The fourth-order valence-corrected chi connectivity index (χ4v) is 3.12. The Hall–Kier alpha value is -0.350. The fourth-order valence-electron chi connectivity index (χ4n) is 1.36. The summed E-state index contributed by atoms with van der Waals surface area (Å²) >= 11 is 0. The zero-order valence-electron chi connectivity index (χ0n) is 7.07. The highest BCUT2D eigenvalue weighted by Gasteiger charge is 2.25. The summed E-state index contributed by atoms with van der Waals surface area (Å²) in [5.74, 6) is 0.917. The van der Waals surface area contributed by atoms with Gasteiger partial charge in [-0.05, 0) is 25.3 Å². The Morgan fingerprint density at radius 3 is 2.75 bits per heavy atom. The van der Waals surface area contributed by atoms with Crippen molar-refractivity contribution in [3.05, 3.63) is 12.2 Å². The molecule has 0 aliphatic carbocycles. The van der Waals surface area contributed by atoms with E-state index in [1.807, 2.05) is 12.2 Å². The summed E-state index contributed by atoms with van der Waals surface area (Å²) in [5, 5.41) is 0. The Morgan fingerprint density at radius 1 is 1.50 bits per heavy atom. The number of hydrogen-bond donors (Lipinski definition) is 1. The van der Waals surface area contributed by atoms with Crippen LogP contribution < -0.4 is 5.73 Å². The highest BCUT2D eigenvalue weighted by molar-refractivity contribution is 7.91. The van der Waals surface area contributed by atoms with Gasteiger partial charge in [0.2, 0.25) is 0 Å². The maximum absolute atomic E-state index is 11.0. The van der Waals surface area contributed by atoms with Crippen molar-refractivity contribution in [2.75, 3.05) is 18.1 Å². The van der Waals surface area contributed by atoms with Crippen LogP contribution in [0.1, 0.15) is 12.8 Å². The quantitative estimate of drug-likeness (QED) is 0.651. The van der Waals surface area contributed by atoms with Crippen LogP contribution in [0.5, 0.6) is 0 Å². The van der Waals surface area contributed by atoms with Gasteiger partial charge in [0.05, 0.1) is 11.5 Å². The molecule has 1 rings (SSSR count). The van der Waals surface area contributed by atoms with Crippen LogP contribution in [0.25, 0.3) is 0 Å². The van der Waals surface area contributed by atoms with E-state index in [9.17, 15) is 8.42 Å². The summed E-state index contributed by atoms with van der Waals surface area (Å²) in [5.41, 5.74) is 5.30. The fraction of sp³-hybridized carbons (Fsp3) is 0.750. The van der Waals surface area contributed by atoms with Crippen LogP contribution in [-0.4, -0.2) is 26.5 Å². The van der Waals surface area contributed by atoms with Crippen LogP contribution in [0.15, 0.2) is 12.2 Å². The second-order valence-electron chi connectivity index (χ2n) is 3.17. The van der Waals surface area contributed by atoms with Gasteiger partial charge in [0.25, 0.3) is 0 Å². The lowest BCUT2D eigenvalue weighted by molar-refractivity contribution is 0.601. The van der Waals surface area contributed by atoms with Crippen LogP contribution in [0, 0.1) is 5.92 Å². The van der Waals surface area contributed by atoms with E-state index in [0.29, 0.717) is 18.1 Å². The zero-order chi connectivity index (χ0) is 9.03. The summed E-state index contributed by atoms with van der Waals surface area (Å²) < 4.78 is 22.0. The Kier molecular flexibility index (Phi) is 3.29. The van der Waals surface area contributed by atoms with Crippen molar-refractivity contribution in [1.29, 1.82) is 0 Å². The molecule has 1 heterocycles. The number of hydrogen-bond acceptors (Lipinski definition) is 3. The molecule has 3 nitrogen and oxygen atoms in total. The van der Waals surface area contributed by atoms with Gasteiger partial charge in [-0.25, -0.2) is 8.42 Å². The van der Waals surface area contributed by atoms with Gasteiger partial charge in [-0.3, -0.25) is 0 Å². The highest BCUT2D eigenvalue weighted by Crippen LogP contribution is 2.19. The van der Waals surface area contributed by atoms with Gasteiger partial charge < -0.3 is 5.73 Å². The second kappa shape index (κ2) is 4.05. The molecule has 70 valence electrons. The summed E-state index contributed by atoms with van der Waals surface area (Å²) in [4.78, 5) is 0. The summed E-state index contributed by atoms with van der Waals surface area (Å²) in [6, 6.07) is 0. The van der Waals surface area contributed by atoms with Gasteiger partial charge in [0, 0.05) is 0 Å². The summed E-state index contributed by atoms with van der Waals surface area (Å²) in [6.07, 6.45) is 5.59. The SMILES string of the molecule is NCC/C=C\C1CCS(=O)(=O)C1. The molecule has 1 aliphatic heterocycles.